The van der Waals surface area contributed by atoms with Crippen molar-refractivity contribution in [3.05, 3.63) is 41.4 Å². The molecule has 2 aromatic rings. The number of aromatic nitrogens is 1. The van der Waals surface area contributed by atoms with Crippen LogP contribution < -0.4 is 9.64 Å². The van der Waals surface area contributed by atoms with Crippen molar-refractivity contribution >= 4 is 16.5 Å². The van der Waals surface area contributed by atoms with Crippen LogP contribution in [0, 0.1) is 0 Å². The molecule has 136 valence electrons. The number of rotatable bonds is 8. The Balaban J connectivity index is 1.36. The van der Waals surface area contributed by atoms with Crippen LogP contribution in [0.1, 0.15) is 5.56 Å². The van der Waals surface area contributed by atoms with Crippen molar-refractivity contribution in [1.29, 1.82) is 0 Å². The van der Waals surface area contributed by atoms with Crippen molar-refractivity contribution in [3.8, 4) is 5.75 Å². The molecular formula is C18H25N3O3S. The Hall–Kier alpha value is -1.67. The van der Waals surface area contributed by atoms with Crippen molar-refractivity contribution in [2.24, 2.45) is 0 Å². The molecule has 0 bridgehead atoms. The summed E-state index contributed by atoms with van der Waals surface area (Å²) in [6, 6.07) is 7.78. The van der Waals surface area contributed by atoms with E-state index in [1.165, 1.54) is 0 Å². The predicted molar refractivity (Wildman–Crippen MR) is 99.4 cm³/mol. The molecule has 1 aliphatic rings. The molecule has 0 unspecified atom stereocenters. The summed E-state index contributed by atoms with van der Waals surface area (Å²) >= 11 is 1.67. The van der Waals surface area contributed by atoms with Gasteiger partial charge in [0.1, 0.15) is 5.75 Å². The molecule has 1 aliphatic heterocycles. The topological polar surface area (TPSA) is 58.1 Å². The van der Waals surface area contributed by atoms with Gasteiger partial charge in [0, 0.05) is 49.9 Å². The molecule has 1 saturated heterocycles. The van der Waals surface area contributed by atoms with E-state index in [1.807, 2.05) is 35.8 Å². The number of ether oxygens (including phenoxy) is 2. The standard InChI is InChI=1S/C18H25N3O3S/c1-23-17-5-3-2-4-15(17)13-24-14-16(22)12-20-7-9-21(10-8-20)18-19-6-11-25-18/h2-6,11,16,22H,7-10,12-14H2,1H3/t16-/m0/s1. The van der Waals surface area contributed by atoms with Gasteiger partial charge >= 0.3 is 0 Å². The van der Waals surface area contributed by atoms with Crippen LogP contribution in [0.5, 0.6) is 5.75 Å². The summed E-state index contributed by atoms with van der Waals surface area (Å²) in [5, 5.41) is 13.3. The van der Waals surface area contributed by atoms with Crippen molar-refractivity contribution in [2.75, 3.05) is 51.3 Å². The monoisotopic (exact) mass is 363 g/mol. The maximum Gasteiger partial charge on any atom is 0.185 e. The van der Waals surface area contributed by atoms with Gasteiger partial charge in [0.2, 0.25) is 0 Å². The molecule has 0 aliphatic carbocycles. The Kier molecular flexibility index (Phi) is 6.63. The molecule has 0 spiro atoms. The van der Waals surface area contributed by atoms with Crippen LogP contribution in [0.3, 0.4) is 0 Å². The Bertz CT molecular complexity index is 630. The molecule has 25 heavy (non-hydrogen) atoms. The lowest BCUT2D eigenvalue weighted by Gasteiger charge is -2.35. The van der Waals surface area contributed by atoms with Gasteiger partial charge in [-0.2, -0.15) is 0 Å². The molecule has 2 heterocycles. The first kappa shape index (κ1) is 18.1. The van der Waals surface area contributed by atoms with Crippen LogP contribution in [0.2, 0.25) is 0 Å². The minimum Gasteiger partial charge on any atom is -0.496 e. The van der Waals surface area contributed by atoms with Gasteiger partial charge in [-0.05, 0) is 6.07 Å². The van der Waals surface area contributed by atoms with E-state index in [0.29, 0.717) is 19.8 Å². The van der Waals surface area contributed by atoms with Gasteiger partial charge in [-0.15, -0.1) is 11.3 Å². The number of para-hydroxylation sites is 1. The lowest BCUT2D eigenvalue weighted by molar-refractivity contribution is 0.00866. The number of piperazine rings is 1. The van der Waals surface area contributed by atoms with Crippen LogP contribution in [0.15, 0.2) is 35.8 Å². The molecule has 7 heteroatoms. The van der Waals surface area contributed by atoms with Crippen LogP contribution in [-0.4, -0.2) is 67.5 Å². The first-order valence-electron chi connectivity index (χ1n) is 8.51. The van der Waals surface area contributed by atoms with Gasteiger partial charge < -0.3 is 19.5 Å². The maximum atomic E-state index is 10.2. The fourth-order valence-electron chi connectivity index (χ4n) is 2.97. The zero-order chi connectivity index (χ0) is 17.5. The fraction of sp³-hybridized carbons (Fsp3) is 0.500. The van der Waals surface area contributed by atoms with Crippen LogP contribution in [0.4, 0.5) is 5.13 Å². The average Bonchev–Trinajstić information content (AvgIpc) is 3.17. The van der Waals surface area contributed by atoms with E-state index < -0.39 is 6.10 Å². The van der Waals surface area contributed by atoms with Gasteiger partial charge in [-0.1, -0.05) is 18.2 Å². The molecule has 1 aromatic carbocycles. The second-order valence-electron chi connectivity index (χ2n) is 6.08. The second kappa shape index (κ2) is 9.15. The smallest absolute Gasteiger partial charge is 0.185 e. The first-order chi connectivity index (χ1) is 12.3. The largest absolute Gasteiger partial charge is 0.496 e. The van der Waals surface area contributed by atoms with E-state index in [0.717, 1.165) is 42.6 Å². The number of β-amino-alcohol motifs (C(OH)–C–C–N with tert-alkyl or cyclic N) is 1. The van der Waals surface area contributed by atoms with Crippen LogP contribution >= 0.6 is 11.3 Å². The summed E-state index contributed by atoms with van der Waals surface area (Å²) in [5.74, 6) is 0.815. The van der Waals surface area contributed by atoms with Crippen LogP contribution in [0.25, 0.3) is 0 Å². The highest BCUT2D eigenvalue weighted by Crippen LogP contribution is 2.19. The highest BCUT2D eigenvalue weighted by atomic mass is 32.1. The fourth-order valence-corrected chi connectivity index (χ4v) is 3.67. The zero-order valence-corrected chi connectivity index (χ0v) is 15.3. The minimum atomic E-state index is -0.485. The second-order valence-corrected chi connectivity index (χ2v) is 6.96. The van der Waals surface area contributed by atoms with E-state index in [1.54, 1.807) is 18.4 Å². The van der Waals surface area contributed by atoms with E-state index in [9.17, 15) is 5.11 Å². The van der Waals surface area contributed by atoms with Crippen molar-refractivity contribution in [2.45, 2.75) is 12.7 Å². The van der Waals surface area contributed by atoms with Gasteiger partial charge in [0.05, 0.1) is 26.4 Å². The number of hydrogen-bond donors (Lipinski definition) is 1. The predicted octanol–water partition coefficient (Wildman–Crippen LogP) is 1.85. The quantitative estimate of drug-likeness (QED) is 0.772. The third kappa shape index (κ3) is 5.15. The summed E-state index contributed by atoms with van der Waals surface area (Å²) in [7, 11) is 1.65. The summed E-state index contributed by atoms with van der Waals surface area (Å²) in [4.78, 5) is 8.93. The minimum absolute atomic E-state index is 0.324. The lowest BCUT2D eigenvalue weighted by Crippen LogP contribution is -2.49. The Morgan fingerprint density at radius 2 is 2.04 bits per heavy atom. The number of thiazole rings is 1. The number of aliphatic hydroxyl groups excluding tert-OH is 1. The molecule has 1 aromatic heterocycles. The Morgan fingerprint density at radius 3 is 2.76 bits per heavy atom. The molecule has 1 fully saturated rings. The van der Waals surface area contributed by atoms with E-state index >= 15 is 0 Å². The van der Waals surface area contributed by atoms with Crippen LogP contribution in [-0.2, 0) is 11.3 Å². The maximum absolute atomic E-state index is 10.2. The summed E-state index contributed by atoms with van der Waals surface area (Å²) in [5.41, 5.74) is 0.995. The van der Waals surface area contributed by atoms with Crippen molar-refractivity contribution in [3.63, 3.8) is 0 Å². The number of nitrogens with zero attached hydrogens (tertiary/aromatic N) is 3. The summed E-state index contributed by atoms with van der Waals surface area (Å²) < 4.78 is 11.0. The molecule has 0 saturated carbocycles. The van der Waals surface area contributed by atoms with E-state index in [-0.39, 0.29) is 0 Å². The number of hydrogen-bond acceptors (Lipinski definition) is 7. The number of aliphatic hydroxyl groups is 1. The Labute approximate surface area is 152 Å². The van der Waals surface area contributed by atoms with Gasteiger partial charge in [0.25, 0.3) is 0 Å². The molecule has 6 nitrogen and oxygen atoms in total. The zero-order valence-electron chi connectivity index (χ0n) is 14.5. The molecular weight excluding hydrogens is 338 g/mol. The Morgan fingerprint density at radius 1 is 1.24 bits per heavy atom. The third-order valence-electron chi connectivity index (χ3n) is 4.29. The van der Waals surface area contributed by atoms with Gasteiger partial charge in [-0.25, -0.2) is 4.98 Å². The van der Waals surface area contributed by atoms with Gasteiger partial charge in [0.15, 0.2) is 5.13 Å². The first-order valence-corrected chi connectivity index (χ1v) is 9.38. The number of benzene rings is 1. The summed E-state index contributed by atoms with van der Waals surface area (Å²) in [6.45, 7) is 5.16. The third-order valence-corrected chi connectivity index (χ3v) is 5.12. The van der Waals surface area contributed by atoms with E-state index in [4.69, 9.17) is 9.47 Å². The highest BCUT2D eigenvalue weighted by molar-refractivity contribution is 7.13. The van der Waals surface area contributed by atoms with Gasteiger partial charge in [-0.3, -0.25) is 4.90 Å². The lowest BCUT2D eigenvalue weighted by atomic mass is 10.2. The summed E-state index contributed by atoms with van der Waals surface area (Å²) in [6.07, 6.45) is 1.36. The number of methoxy groups -OCH3 is 1. The molecule has 3 rings (SSSR count). The number of anilines is 1. The average molecular weight is 363 g/mol. The van der Waals surface area contributed by atoms with Crippen molar-refractivity contribution < 1.29 is 14.6 Å². The molecule has 1 N–H and O–H groups in total. The van der Waals surface area contributed by atoms with Crippen molar-refractivity contribution in [1.82, 2.24) is 9.88 Å². The highest BCUT2D eigenvalue weighted by Gasteiger charge is 2.20. The molecule has 0 radical (unpaired) electrons. The SMILES string of the molecule is COc1ccccc1COC[C@@H](O)CN1CCN(c2nccs2)CC1. The van der Waals surface area contributed by atoms with E-state index in [2.05, 4.69) is 14.8 Å². The normalized spacial score (nSPS) is 16.8. The molecule has 1 atom stereocenters. The molecule has 0 amide bonds.